The normalized spacial score (nSPS) is 16.0. The van der Waals surface area contributed by atoms with E-state index in [-0.39, 0.29) is 12.8 Å². The van der Waals surface area contributed by atoms with Crippen LogP contribution in [-0.2, 0) is 4.74 Å². The summed E-state index contributed by atoms with van der Waals surface area (Å²) in [5.74, 6) is -3.88. The lowest BCUT2D eigenvalue weighted by atomic mass is 10.0. The second-order valence-electron chi connectivity index (χ2n) is 6.09. The Hall–Kier alpha value is -0.200. The van der Waals surface area contributed by atoms with Crippen molar-refractivity contribution in [2.45, 2.75) is 103 Å². The maximum absolute atomic E-state index is 10.0. The number of hydrogen-bond acceptors (Lipinski definition) is 5. The zero-order valence-electron chi connectivity index (χ0n) is 14.0. The molecule has 0 rings (SSSR count). The SMILES string of the molecule is CCCCCC(O)(O)C(C)OC(C)C(O)(O)CCCCC. The number of aliphatic hydroxyl groups is 4. The van der Waals surface area contributed by atoms with E-state index in [4.69, 9.17) is 4.74 Å². The first-order valence-electron chi connectivity index (χ1n) is 8.22. The van der Waals surface area contributed by atoms with Gasteiger partial charge in [0.05, 0.1) is 0 Å². The Labute approximate surface area is 129 Å². The molecule has 5 nitrogen and oxygen atoms in total. The summed E-state index contributed by atoms with van der Waals surface area (Å²) in [7, 11) is 0. The van der Waals surface area contributed by atoms with Gasteiger partial charge >= 0.3 is 0 Å². The van der Waals surface area contributed by atoms with Crippen LogP contribution in [0.4, 0.5) is 0 Å². The molecule has 0 aliphatic heterocycles. The number of ether oxygens (including phenoxy) is 1. The largest absolute Gasteiger partial charge is 0.364 e. The Morgan fingerprint density at radius 1 is 0.714 bits per heavy atom. The minimum absolute atomic E-state index is 0.217. The van der Waals surface area contributed by atoms with Gasteiger partial charge in [-0.25, -0.2) is 0 Å². The number of unbranched alkanes of at least 4 members (excludes halogenated alkanes) is 4. The van der Waals surface area contributed by atoms with Gasteiger partial charge in [0.15, 0.2) is 11.6 Å². The van der Waals surface area contributed by atoms with Crippen LogP contribution in [-0.4, -0.2) is 44.2 Å². The Morgan fingerprint density at radius 2 is 1.05 bits per heavy atom. The lowest BCUT2D eigenvalue weighted by Crippen LogP contribution is -2.49. The summed E-state index contributed by atoms with van der Waals surface area (Å²) in [6, 6.07) is 0. The van der Waals surface area contributed by atoms with Gasteiger partial charge in [0.2, 0.25) is 0 Å². The first kappa shape index (κ1) is 20.8. The second kappa shape index (κ2) is 9.74. The molecule has 0 bridgehead atoms. The third-order valence-electron chi connectivity index (χ3n) is 4.01. The van der Waals surface area contributed by atoms with Crippen LogP contribution < -0.4 is 0 Å². The van der Waals surface area contributed by atoms with Gasteiger partial charge < -0.3 is 25.2 Å². The number of hydrogen-bond donors (Lipinski definition) is 4. The van der Waals surface area contributed by atoms with E-state index < -0.39 is 23.8 Å². The van der Waals surface area contributed by atoms with Crippen LogP contribution in [0.3, 0.4) is 0 Å². The van der Waals surface area contributed by atoms with E-state index in [1.54, 1.807) is 13.8 Å². The van der Waals surface area contributed by atoms with Gasteiger partial charge in [-0.2, -0.15) is 0 Å². The highest BCUT2D eigenvalue weighted by atomic mass is 16.6. The van der Waals surface area contributed by atoms with Crippen LogP contribution in [0.25, 0.3) is 0 Å². The monoisotopic (exact) mass is 306 g/mol. The standard InChI is InChI=1S/C16H34O5/c1-5-7-9-11-15(17,18)13(3)21-14(4)16(19,20)12-10-8-6-2/h13-14,17-20H,5-12H2,1-4H3. The minimum atomic E-state index is -1.94. The molecule has 0 saturated heterocycles. The molecule has 0 aliphatic carbocycles. The highest BCUT2D eigenvalue weighted by molar-refractivity contribution is 4.79. The van der Waals surface area contributed by atoms with Crippen LogP contribution in [0.15, 0.2) is 0 Å². The van der Waals surface area contributed by atoms with Gasteiger partial charge in [-0.15, -0.1) is 0 Å². The molecule has 0 radical (unpaired) electrons. The summed E-state index contributed by atoms with van der Waals surface area (Å²) in [5, 5.41) is 40.0. The van der Waals surface area contributed by atoms with Crippen molar-refractivity contribution in [3.63, 3.8) is 0 Å². The molecule has 0 aliphatic rings. The lowest BCUT2D eigenvalue weighted by Gasteiger charge is -2.35. The zero-order chi connectivity index (χ0) is 16.5. The van der Waals surface area contributed by atoms with E-state index in [0.717, 1.165) is 25.7 Å². The molecular weight excluding hydrogens is 272 g/mol. The van der Waals surface area contributed by atoms with Crippen LogP contribution in [0.1, 0.15) is 79.1 Å². The van der Waals surface area contributed by atoms with E-state index >= 15 is 0 Å². The maximum atomic E-state index is 10.0. The Balaban J connectivity index is 4.35. The average Bonchev–Trinajstić information content (AvgIpc) is 2.38. The van der Waals surface area contributed by atoms with E-state index in [0.29, 0.717) is 12.8 Å². The molecule has 2 unspecified atom stereocenters. The highest BCUT2D eigenvalue weighted by Gasteiger charge is 2.38. The number of rotatable bonds is 12. The van der Waals surface area contributed by atoms with E-state index in [1.807, 2.05) is 13.8 Å². The van der Waals surface area contributed by atoms with Crippen molar-refractivity contribution in [1.82, 2.24) is 0 Å². The first-order chi connectivity index (χ1) is 9.67. The Bertz CT molecular complexity index is 239. The summed E-state index contributed by atoms with van der Waals surface area (Å²) < 4.78 is 5.44. The Kier molecular flexibility index (Phi) is 9.65. The molecular formula is C16H34O5. The molecule has 0 spiro atoms. The molecule has 0 saturated carbocycles. The molecule has 21 heavy (non-hydrogen) atoms. The predicted octanol–water partition coefficient (Wildman–Crippen LogP) is 2.30. The van der Waals surface area contributed by atoms with Crippen molar-refractivity contribution in [3.05, 3.63) is 0 Å². The first-order valence-corrected chi connectivity index (χ1v) is 8.22. The topological polar surface area (TPSA) is 90.2 Å². The van der Waals surface area contributed by atoms with Crippen molar-refractivity contribution in [2.24, 2.45) is 0 Å². The van der Waals surface area contributed by atoms with Gasteiger partial charge in [0, 0.05) is 12.8 Å². The second-order valence-corrected chi connectivity index (χ2v) is 6.09. The summed E-state index contributed by atoms with van der Waals surface area (Å²) in [6.45, 7) is 7.18. The van der Waals surface area contributed by atoms with Gasteiger partial charge in [0.1, 0.15) is 12.2 Å². The van der Waals surface area contributed by atoms with Crippen LogP contribution >= 0.6 is 0 Å². The molecule has 0 aromatic rings. The van der Waals surface area contributed by atoms with E-state index in [2.05, 4.69) is 0 Å². The van der Waals surface area contributed by atoms with Gasteiger partial charge in [-0.3, -0.25) is 0 Å². The molecule has 5 heteroatoms. The summed E-state index contributed by atoms with van der Waals surface area (Å²) in [6.07, 6.45) is 3.91. The van der Waals surface area contributed by atoms with Gasteiger partial charge in [-0.05, 0) is 26.7 Å². The van der Waals surface area contributed by atoms with Crippen LogP contribution in [0, 0.1) is 0 Å². The van der Waals surface area contributed by atoms with Crippen LogP contribution in [0.2, 0.25) is 0 Å². The fourth-order valence-electron chi connectivity index (χ4n) is 2.20. The van der Waals surface area contributed by atoms with E-state index in [1.165, 1.54) is 0 Å². The predicted molar refractivity (Wildman–Crippen MR) is 82.6 cm³/mol. The molecule has 0 aromatic heterocycles. The quantitative estimate of drug-likeness (QED) is 0.328. The summed E-state index contributed by atoms with van der Waals surface area (Å²) in [5.41, 5.74) is 0. The fourth-order valence-corrected chi connectivity index (χ4v) is 2.20. The fraction of sp³-hybridized carbons (Fsp3) is 1.00. The third kappa shape index (κ3) is 8.12. The lowest BCUT2D eigenvalue weighted by molar-refractivity contribution is -0.294. The molecule has 0 aromatic carbocycles. The van der Waals surface area contributed by atoms with Crippen molar-refractivity contribution >= 4 is 0 Å². The van der Waals surface area contributed by atoms with Gasteiger partial charge in [-0.1, -0.05) is 39.5 Å². The van der Waals surface area contributed by atoms with Crippen LogP contribution in [0.5, 0.6) is 0 Å². The minimum Gasteiger partial charge on any atom is -0.364 e. The highest BCUT2D eigenvalue weighted by Crippen LogP contribution is 2.25. The van der Waals surface area contributed by atoms with Crippen molar-refractivity contribution in [2.75, 3.05) is 0 Å². The molecule has 4 N–H and O–H groups in total. The van der Waals surface area contributed by atoms with E-state index in [9.17, 15) is 20.4 Å². The smallest absolute Gasteiger partial charge is 0.189 e. The maximum Gasteiger partial charge on any atom is 0.189 e. The van der Waals surface area contributed by atoms with Crippen molar-refractivity contribution in [3.8, 4) is 0 Å². The molecule has 0 fully saturated rings. The molecule has 0 heterocycles. The average molecular weight is 306 g/mol. The molecule has 2 atom stereocenters. The third-order valence-corrected chi connectivity index (χ3v) is 4.01. The molecule has 0 amide bonds. The van der Waals surface area contributed by atoms with Crippen molar-refractivity contribution < 1.29 is 25.2 Å². The van der Waals surface area contributed by atoms with Crippen molar-refractivity contribution in [1.29, 1.82) is 0 Å². The molecule has 128 valence electrons. The summed E-state index contributed by atoms with van der Waals surface area (Å²) in [4.78, 5) is 0. The van der Waals surface area contributed by atoms with Gasteiger partial charge in [0.25, 0.3) is 0 Å². The summed E-state index contributed by atoms with van der Waals surface area (Å²) >= 11 is 0. The zero-order valence-corrected chi connectivity index (χ0v) is 14.0. The Morgan fingerprint density at radius 3 is 1.33 bits per heavy atom.